The van der Waals surface area contributed by atoms with E-state index in [-0.39, 0.29) is 18.3 Å². The van der Waals surface area contributed by atoms with Crippen LogP contribution >= 0.6 is 11.3 Å². The number of benzene rings is 2. The van der Waals surface area contributed by atoms with Gasteiger partial charge < -0.3 is 10.1 Å². The van der Waals surface area contributed by atoms with Gasteiger partial charge in [0.15, 0.2) is 6.61 Å². The van der Waals surface area contributed by atoms with Crippen molar-refractivity contribution in [2.24, 2.45) is 10.1 Å². The third kappa shape index (κ3) is 4.38. The van der Waals surface area contributed by atoms with Gasteiger partial charge in [0.2, 0.25) is 4.80 Å². The Bertz CT molecular complexity index is 1230. The third-order valence-corrected chi connectivity index (χ3v) is 5.10. The molecule has 0 saturated heterocycles. The molecule has 8 heteroatoms. The van der Waals surface area contributed by atoms with E-state index in [0.717, 1.165) is 16.8 Å². The molecule has 1 aromatic heterocycles. The van der Waals surface area contributed by atoms with E-state index in [4.69, 9.17) is 4.74 Å². The highest BCUT2D eigenvalue weighted by Gasteiger charge is 2.17. The lowest BCUT2D eigenvalue weighted by molar-refractivity contribution is -0.118. The summed E-state index contributed by atoms with van der Waals surface area (Å²) in [5, 5.41) is 9.31. The number of carbonyl (C=O) groups is 1. The molecule has 1 N–H and O–H groups in total. The Morgan fingerprint density at radius 1 is 1.37 bits per heavy atom. The maximum atomic E-state index is 13.5. The zero-order valence-electron chi connectivity index (χ0n) is 16.3. The average Bonchev–Trinajstić information content (AvgIpc) is 3.13. The van der Waals surface area contributed by atoms with Crippen molar-refractivity contribution in [3.05, 3.63) is 76.2 Å². The standard InChI is InChI=1S/C22H19FN4O2S/c1-14(2)10-24-22-27(25-11-15-4-3-5-17(23)8-15)19(13-30-22)16-6-7-20-18(9-16)26-21(28)12-29-20/h3-9,11,13H,1,10,12H2,2H3,(H,26,28). The zero-order valence-corrected chi connectivity index (χ0v) is 17.1. The second-order valence-electron chi connectivity index (χ2n) is 6.84. The van der Waals surface area contributed by atoms with Crippen LogP contribution < -0.4 is 14.9 Å². The summed E-state index contributed by atoms with van der Waals surface area (Å²) in [6.07, 6.45) is 1.59. The molecule has 4 rings (SSSR count). The van der Waals surface area contributed by atoms with Crippen molar-refractivity contribution in [2.75, 3.05) is 18.5 Å². The second kappa shape index (κ2) is 8.46. The summed E-state index contributed by atoms with van der Waals surface area (Å²) in [7, 11) is 0. The van der Waals surface area contributed by atoms with Crippen LogP contribution in [0.3, 0.4) is 0 Å². The Hall–Kier alpha value is -3.52. The molecule has 0 fully saturated rings. The van der Waals surface area contributed by atoms with Gasteiger partial charge >= 0.3 is 0 Å². The number of nitrogens with one attached hydrogen (secondary N) is 1. The molecule has 0 aliphatic carbocycles. The molecule has 0 atom stereocenters. The Kier molecular flexibility index (Phi) is 5.58. The topological polar surface area (TPSA) is 68.0 Å². The third-order valence-electron chi connectivity index (χ3n) is 4.25. The molecular weight excluding hydrogens is 403 g/mol. The number of nitrogens with zero attached hydrogens (tertiary/aromatic N) is 3. The van der Waals surface area contributed by atoms with Crippen molar-refractivity contribution < 1.29 is 13.9 Å². The number of amides is 1. The van der Waals surface area contributed by atoms with Gasteiger partial charge in [-0.15, -0.1) is 11.3 Å². The Morgan fingerprint density at radius 3 is 3.03 bits per heavy atom. The quantitative estimate of drug-likeness (QED) is 0.498. The summed E-state index contributed by atoms with van der Waals surface area (Å²) in [6, 6.07) is 11.8. The van der Waals surface area contributed by atoms with E-state index < -0.39 is 0 Å². The van der Waals surface area contributed by atoms with Crippen molar-refractivity contribution in [2.45, 2.75) is 6.92 Å². The molecule has 0 spiro atoms. The van der Waals surface area contributed by atoms with Crippen LogP contribution in [0.5, 0.6) is 5.75 Å². The van der Waals surface area contributed by atoms with E-state index >= 15 is 0 Å². The highest BCUT2D eigenvalue weighted by molar-refractivity contribution is 7.07. The number of hydrogen-bond donors (Lipinski definition) is 1. The van der Waals surface area contributed by atoms with E-state index in [2.05, 4.69) is 22.0 Å². The molecule has 30 heavy (non-hydrogen) atoms. The largest absolute Gasteiger partial charge is 0.482 e. The molecule has 1 aliphatic rings. The molecule has 0 unspecified atom stereocenters. The smallest absolute Gasteiger partial charge is 0.262 e. The number of hydrogen-bond acceptors (Lipinski definition) is 5. The Morgan fingerprint density at radius 2 is 2.23 bits per heavy atom. The average molecular weight is 422 g/mol. The van der Waals surface area contributed by atoms with Crippen LogP contribution in [-0.4, -0.2) is 29.9 Å². The summed E-state index contributed by atoms with van der Waals surface area (Å²) in [6.45, 7) is 6.28. The maximum Gasteiger partial charge on any atom is 0.262 e. The minimum absolute atomic E-state index is 0.00661. The minimum atomic E-state index is -0.327. The van der Waals surface area contributed by atoms with Crippen LogP contribution in [0.1, 0.15) is 12.5 Å². The fourth-order valence-electron chi connectivity index (χ4n) is 2.87. The van der Waals surface area contributed by atoms with Gasteiger partial charge in [0.25, 0.3) is 5.91 Å². The van der Waals surface area contributed by atoms with E-state index in [1.54, 1.807) is 23.0 Å². The van der Waals surface area contributed by atoms with Crippen LogP contribution in [0.25, 0.3) is 11.3 Å². The molecule has 0 bridgehead atoms. The molecule has 0 saturated carbocycles. The maximum absolute atomic E-state index is 13.5. The number of fused-ring (bicyclic) bond motifs is 1. The van der Waals surface area contributed by atoms with Crippen molar-refractivity contribution in [3.63, 3.8) is 0 Å². The van der Waals surface area contributed by atoms with E-state index in [0.29, 0.717) is 28.3 Å². The van der Waals surface area contributed by atoms with Crippen molar-refractivity contribution in [1.29, 1.82) is 0 Å². The zero-order chi connectivity index (χ0) is 21.1. The van der Waals surface area contributed by atoms with Gasteiger partial charge in [-0.3, -0.25) is 9.79 Å². The van der Waals surface area contributed by atoms with Crippen LogP contribution in [0.2, 0.25) is 0 Å². The molecule has 6 nitrogen and oxygen atoms in total. The summed E-state index contributed by atoms with van der Waals surface area (Å²) < 4.78 is 20.7. The molecule has 2 heterocycles. The summed E-state index contributed by atoms with van der Waals surface area (Å²) in [5.41, 5.74) is 3.80. The van der Waals surface area contributed by atoms with Gasteiger partial charge in [-0.25, -0.2) is 9.07 Å². The monoisotopic (exact) mass is 422 g/mol. The number of aromatic nitrogens is 1. The summed E-state index contributed by atoms with van der Waals surface area (Å²) in [5.74, 6) is 0.0989. The van der Waals surface area contributed by atoms with Crippen molar-refractivity contribution in [1.82, 2.24) is 4.68 Å². The number of carbonyl (C=O) groups excluding carboxylic acids is 1. The lowest BCUT2D eigenvalue weighted by Crippen LogP contribution is -2.25. The fraction of sp³-hybridized carbons (Fsp3) is 0.136. The molecule has 3 aromatic rings. The van der Waals surface area contributed by atoms with Crippen LogP contribution in [0.4, 0.5) is 10.1 Å². The first-order valence-corrected chi connectivity index (χ1v) is 10.1. The first-order chi connectivity index (χ1) is 14.5. The summed E-state index contributed by atoms with van der Waals surface area (Å²) in [4.78, 5) is 16.9. The van der Waals surface area contributed by atoms with Crippen molar-refractivity contribution in [3.8, 4) is 17.0 Å². The summed E-state index contributed by atoms with van der Waals surface area (Å²) >= 11 is 1.44. The first-order valence-electron chi connectivity index (χ1n) is 9.22. The van der Waals surface area contributed by atoms with Crippen LogP contribution in [0, 0.1) is 5.82 Å². The number of rotatable bonds is 5. The van der Waals surface area contributed by atoms with E-state index in [1.807, 2.05) is 30.5 Å². The Balaban J connectivity index is 1.78. The molecule has 152 valence electrons. The van der Waals surface area contributed by atoms with Gasteiger partial charge in [-0.05, 0) is 42.8 Å². The van der Waals surface area contributed by atoms with E-state index in [1.165, 1.54) is 23.5 Å². The van der Waals surface area contributed by atoms with Gasteiger partial charge in [0.1, 0.15) is 11.6 Å². The fourth-order valence-corrected chi connectivity index (χ4v) is 3.71. The van der Waals surface area contributed by atoms with Gasteiger partial charge in [-0.1, -0.05) is 24.3 Å². The first kappa shape index (κ1) is 19.8. The highest BCUT2D eigenvalue weighted by Crippen LogP contribution is 2.32. The molecule has 1 amide bonds. The number of ether oxygens (including phenoxy) is 1. The van der Waals surface area contributed by atoms with Crippen molar-refractivity contribution >= 4 is 29.1 Å². The van der Waals surface area contributed by atoms with Gasteiger partial charge in [-0.2, -0.15) is 5.10 Å². The molecular formula is C22H19FN4O2S. The predicted octanol–water partition coefficient (Wildman–Crippen LogP) is 4.05. The van der Waals surface area contributed by atoms with Gasteiger partial charge in [0, 0.05) is 10.9 Å². The van der Waals surface area contributed by atoms with E-state index in [9.17, 15) is 9.18 Å². The van der Waals surface area contributed by atoms with Crippen LogP contribution in [0.15, 0.2) is 70.1 Å². The number of thiazole rings is 1. The minimum Gasteiger partial charge on any atom is -0.482 e. The SMILES string of the molecule is C=C(C)CN=c1scc(-c2ccc3c(c2)NC(=O)CO3)n1N=Cc1cccc(F)c1. The number of anilines is 1. The second-order valence-corrected chi connectivity index (χ2v) is 7.67. The highest BCUT2D eigenvalue weighted by atomic mass is 32.1. The molecule has 1 aliphatic heterocycles. The normalized spacial score (nSPS) is 13.8. The lowest BCUT2D eigenvalue weighted by Gasteiger charge is -2.18. The molecule has 0 radical (unpaired) electrons. The Labute approximate surface area is 176 Å². The molecule has 2 aromatic carbocycles. The van der Waals surface area contributed by atoms with Gasteiger partial charge in [0.05, 0.1) is 24.1 Å². The lowest BCUT2D eigenvalue weighted by atomic mass is 10.1. The van der Waals surface area contributed by atoms with Crippen LogP contribution in [-0.2, 0) is 4.79 Å². The predicted molar refractivity (Wildman–Crippen MR) is 117 cm³/mol. The number of halogens is 1.